The minimum Gasteiger partial charge on any atom is -0.505 e. The Morgan fingerprint density at radius 2 is 1.02 bits per heavy atom. The van der Waals surface area contributed by atoms with Gasteiger partial charge in [0.25, 0.3) is 0 Å². The van der Waals surface area contributed by atoms with Crippen molar-refractivity contribution < 1.29 is 23.8 Å². The molecule has 0 fully saturated rings. The van der Waals surface area contributed by atoms with Crippen LogP contribution >= 0.6 is 0 Å². The summed E-state index contributed by atoms with van der Waals surface area (Å²) in [6, 6.07) is -0.239. The van der Waals surface area contributed by atoms with Crippen molar-refractivity contribution in [3.05, 3.63) is 12.3 Å². The molecule has 0 aromatic heterocycles. The number of ether oxygens (including phenoxy) is 3. The van der Waals surface area contributed by atoms with Crippen LogP contribution in [-0.4, -0.2) is 44.3 Å². The van der Waals surface area contributed by atoms with E-state index in [-0.39, 0.29) is 24.0 Å². The fourth-order valence-corrected chi connectivity index (χ4v) is 6.04. The molecule has 0 saturated carbocycles. The van der Waals surface area contributed by atoms with E-state index in [1.165, 1.54) is 128 Å². The molecule has 0 radical (unpaired) electrons. The molecule has 0 aromatic carbocycles. The van der Waals surface area contributed by atoms with Crippen LogP contribution < -0.4 is 5.32 Å². The number of methoxy groups -OCH3 is 1. The summed E-state index contributed by atoms with van der Waals surface area (Å²) < 4.78 is 17.1. The third-order valence-electron chi connectivity index (χ3n) is 9.09. The van der Waals surface area contributed by atoms with Crippen LogP contribution in [0.1, 0.15) is 207 Å². The Hall–Kier alpha value is -1.56. The van der Waals surface area contributed by atoms with Crippen molar-refractivity contribution in [2.75, 3.05) is 20.3 Å². The van der Waals surface area contributed by atoms with E-state index in [0.717, 1.165) is 38.5 Å². The van der Waals surface area contributed by atoms with Gasteiger partial charge in [0.2, 0.25) is 5.91 Å². The van der Waals surface area contributed by atoms with Gasteiger partial charge in [-0.25, -0.2) is 0 Å². The summed E-state index contributed by atoms with van der Waals surface area (Å²) in [4.78, 5) is 25.3. The summed E-state index contributed by atoms with van der Waals surface area (Å²) in [7, 11) is 1.61. The number of nitrogens with one attached hydrogen (secondary N) is 1. The lowest BCUT2D eigenvalue weighted by Crippen LogP contribution is -2.37. The summed E-state index contributed by atoms with van der Waals surface area (Å²) in [5.41, 5.74) is 0. The van der Waals surface area contributed by atoms with Crippen LogP contribution in [-0.2, 0) is 23.8 Å². The first kappa shape index (κ1) is 45.4. The molecule has 0 aliphatic heterocycles. The summed E-state index contributed by atoms with van der Waals surface area (Å²) in [5, 5.41) is 3.10. The molecule has 0 bridgehead atoms. The number of amides is 1. The van der Waals surface area contributed by atoms with Crippen molar-refractivity contribution in [2.24, 2.45) is 0 Å². The van der Waals surface area contributed by atoms with E-state index in [1.54, 1.807) is 13.4 Å². The van der Waals surface area contributed by atoms with Gasteiger partial charge >= 0.3 is 5.97 Å². The van der Waals surface area contributed by atoms with Crippen molar-refractivity contribution in [1.82, 2.24) is 5.32 Å². The fraction of sp³-hybridized carbons (Fsp3) is 0.902. The van der Waals surface area contributed by atoms with Gasteiger partial charge in [-0.05, 0) is 31.8 Å². The van der Waals surface area contributed by atoms with E-state index < -0.39 is 0 Å². The normalized spacial score (nSPS) is 12.8. The third kappa shape index (κ3) is 34.1. The maximum absolute atomic E-state index is 12.7. The van der Waals surface area contributed by atoms with Crippen molar-refractivity contribution in [1.29, 1.82) is 0 Å². The number of unbranched alkanes of at least 4 members (excludes halogenated alkanes) is 22. The van der Waals surface area contributed by atoms with Crippen LogP contribution in [0.4, 0.5) is 0 Å². The quantitative estimate of drug-likeness (QED) is 0.0406. The molecule has 278 valence electrons. The summed E-state index contributed by atoms with van der Waals surface area (Å²) >= 11 is 0. The van der Waals surface area contributed by atoms with Gasteiger partial charge in [-0.1, -0.05) is 162 Å². The molecule has 0 heterocycles. The minimum absolute atomic E-state index is 0.0608. The Balaban J connectivity index is 4.37. The predicted octanol–water partition coefficient (Wildman–Crippen LogP) is 11.9. The average Bonchev–Trinajstić information content (AvgIpc) is 3.06. The first-order valence-corrected chi connectivity index (χ1v) is 20.3. The number of carbonyl (C=O) groups excluding carboxylic acids is 2. The van der Waals surface area contributed by atoms with Crippen LogP contribution in [0.15, 0.2) is 12.3 Å². The molecule has 0 aliphatic carbocycles. The molecular formula is C41H79NO5. The van der Waals surface area contributed by atoms with Crippen molar-refractivity contribution >= 4 is 11.9 Å². The molecule has 47 heavy (non-hydrogen) atoms. The standard InChI is InChI=1S/C41H79NO5/c1-5-8-11-14-16-18-19-21-22-25-28-31-40(43)42-38(33-35-45-4)37-46-36-34-39(30-27-24-13-10-7-3)47-41(44)32-29-26-23-20-17-15-12-9-6-2/h33,35,38-39H,5-32,34,36-37H2,1-4H3,(H,42,43)/b35-33+/t38-,39+/m0/s1. The minimum atomic E-state index is -0.239. The molecule has 6 nitrogen and oxygen atoms in total. The zero-order chi connectivity index (χ0) is 34.5. The zero-order valence-corrected chi connectivity index (χ0v) is 31.8. The van der Waals surface area contributed by atoms with E-state index in [0.29, 0.717) is 32.5 Å². The summed E-state index contributed by atoms with van der Waals surface area (Å²) in [6.45, 7) is 7.61. The van der Waals surface area contributed by atoms with Gasteiger partial charge in [0.05, 0.1) is 32.6 Å². The van der Waals surface area contributed by atoms with Gasteiger partial charge in [0.1, 0.15) is 6.10 Å². The Bertz CT molecular complexity index is 697. The maximum Gasteiger partial charge on any atom is 0.306 e. The van der Waals surface area contributed by atoms with Crippen molar-refractivity contribution in [3.8, 4) is 0 Å². The van der Waals surface area contributed by atoms with E-state index in [1.807, 2.05) is 6.08 Å². The van der Waals surface area contributed by atoms with Crippen molar-refractivity contribution in [3.63, 3.8) is 0 Å². The molecule has 0 aromatic rings. The lowest BCUT2D eigenvalue weighted by molar-refractivity contribution is -0.150. The highest BCUT2D eigenvalue weighted by molar-refractivity contribution is 5.76. The maximum atomic E-state index is 12.7. The van der Waals surface area contributed by atoms with E-state index >= 15 is 0 Å². The molecule has 1 amide bonds. The monoisotopic (exact) mass is 666 g/mol. The Morgan fingerprint density at radius 3 is 1.51 bits per heavy atom. The fourth-order valence-electron chi connectivity index (χ4n) is 6.04. The molecule has 0 aliphatic rings. The van der Waals surface area contributed by atoms with Crippen LogP contribution in [0, 0.1) is 0 Å². The Kier molecular flexibility index (Phi) is 36.0. The summed E-state index contributed by atoms with van der Waals surface area (Å²) in [6.07, 6.45) is 37.1. The lowest BCUT2D eigenvalue weighted by atomic mass is 10.1. The van der Waals surface area contributed by atoms with Gasteiger partial charge in [-0.3, -0.25) is 9.59 Å². The first-order chi connectivity index (χ1) is 23.1. The molecule has 0 rings (SSSR count). The largest absolute Gasteiger partial charge is 0.505 e. The van der Waals surface area contributed by atoms with Gasteiger partial charge in [0.15, 0.2) is 0 Å². The van der Waals surface area contributed by atoms with Crippen molar-refractivity contribution in [2.45, 2.75) is 219 Å². The van der Waals surface area contributed by atoms with Gasteiger partial charge < -0.3 is 19.5 Å². The SMILES string of the molecule is CCCCCCCCCCCCCC(=O)N[C@@H](/C=C/OC)COCC[C@@H](CCCCCCC)OC(=O)CCCCCCCCCCC. The Morgan fingerprint density at radius 1 is 0.574 bits per heavy atom. The molecule has 1 N–H and O–H groups in total. The Labute approximate surface area is 292 Å². The second-order valence-corrected chi connectivity index (χ2v) is 13.8. The predicted molar refractivity (Wildman–Crippen MR) is 200 cm³/mol. The molecule has 0 spiro atoms. The highest BCUT2D eigenvalue weighted by Crippen LogP contribution is 2.16. The molecule has 0 saturated heterocycles. The van der Waals surface area contributed by atoms with E-state index in [9.17, 15) is 9.59 Å². The van der Waals surface area contributed by atoms with Crippen LogP contribution in [0.2, 0.25) is 0 Å². The smallest absolute Gasteiger partial charge is 0.306 e. The first-order valence-electron chi connectivity index (χ1n) is 20.3. The van der Waals surface area contributed by atoms with Crippen LogP contribution in [0.5, 0.6) is 0 Å². The third-order valence-corrected chi connectivity index (χ3v) is 9.09. The number of esters is 1. The van der Waals surface area contributed by atoms with Crippen LogP contribution in [0.25, 0.3) is 0 Å². The number of hydrogen-bond donors (Lipinski definition) is 1. The van der Waals surface area contributed by atoms with Gasteiger partial charge in [-0.15, -0.1) is 0 Å². The average molecular weight is 666 g/mol. The van der Waals surface area contributed by atoms with Gasteiger partial charge in [-0.2, -0.15) is 0 Å². The van der Waals surface area contributed by atoms with Gasteiger partial charge in [0, 0.05) is 19.3 Å². The van der Waals surface area contributed by atoms with E-state index in [2.05, 4.69) is 26.1 Å². The lowest BCUT2D eigenvalue weighted by Gasteiger charge is -2.20. The molecule has 2 atom stereocenters. The molecular weight excluding hydrogens is 586 g/mol. The number of carbonyl (C=O) groups is 2. The molecule has 0 unspecified atom stereocenters. The van der Waals surface area contributed by atoms with E-state index in [4.69, 9.17) is 14.2 Å². The zero-order valence-electron chi connectivity index (χ0n) is 31.8. The topological polar surface area (TPSA) is 73.9 Å². The summed E-state index contributed by atoms with van der Waals surface area (Å²) in [5.74, 6) is -0.00673. The van der Waals surface area contributed by atoms with Crippen LogP contribution in [0.3, 0.4) is 0 Å². The second kappa shape index (κ2) is 37.3. The second-order valence-electron chi connectivity index (χ2n) is 13.8. The number of hydrogen-bond acceptors (Lipinski definition) is 5. The number of rotatable bonds is 37. The highest BCUT2D eigenvalue weighted by Gasteiger charge is 2.16. The molecule has 6 heteroatoms. The highest BCUT2D eigenvalue weighted by atomic mass is 16.5.